The molecule has 3 nitrogen and oxygen atoms in total. The number of anilines is 9. The number of para-hydroxylation sites is 2. The van der Waals surface area contributed by atoms with Crippen LogP contribution in [-0.4, -0.2) is 6.71 Å². The number of hydrogen-bond donors (Lipinski definition) is 0. The van der Waals surface area contributed by atoms with Crippen LogP contribution in [0.25, 0.3) is 22.3 Å². The SMILES string of the molecule is [2H]C([2H])([2H])c1cc2c3c(c1)N(c1ccc(C(C)(C)C)cc1-c1ccccc1)c1ccc(N(c4ccccc4)c4ccccc4)cc1B3c1cc3c(cc1N2c1cc(-c2ccccc2)ccc1C)C(C)(C)CCC3(C)C. The molecule has 0 N–H and O–H groups in total. The Kier molecular flexibility index (Phi) is 9.98. The van der Waals surface area contributed by atoms with Gasteiger partial charge in [-0.25, -0.2) is 0 Å². The largest absolute Gasteiger partial charge is 0.311 e. The molecular weight excluding hydrogens is 870 g/mol. The van der Waals surface area contributed by atoms with E-state index in [-0.39, 0.29) is 23.0 Å². The predicted molar refractivity (Wildman–Crippen MR) is 309 cm³/mol. The first-order valence-corrected chi connectivity index (χ1v) is 25.8. The van der Waals surface area contributed by atoms with Crippen molar-refractivity contribution in [3.63, 3.8) is 0 Å². The zero-order valence-electron chi connectivity index (χ0n) is 45.9. The summed E-state index contributed by atoms with van der Waals surface area (Å²) in [6, 6.07) is 72.3. The van der Waals surface area contributed by atoms with Gasteiger partial charge in [0, 0.05) is 55.2 Å². The van der Waals surface area contributed by atoms with Crippen LogP contribution in [0.5, 0.6) is 0 Å². The van der Waals surface area contributed by atoms with Gasteiger partial charge in [0.25, 0.3) is 6.71 Å². The number of rotatable bonds is 7. The van der Waals surface area contributed by atoms with Crippen molar-refractivity contribution in [1.82, 2.24) is 0 Å². The minimum atomic E-state index is -2.42. The molecule has 0 fully saturated rings. The molecule has 0 amide bonds. The second-order valence-corrected chi connectivity index (χ2v) is 22.7. The van der Waals surface area contributed by atoms with Gasteiger partial charge in [-0.1, -0.05) is 170 Å². The van der Waals surface area contributed by atoms with Gasteiger partial charge in [0.2, 0.25) is 0 Å². The van der Waals surface area contributed by atoms with E-state index in [1.807, 2.05) is 12.1 Å². The lowest BCUT2D eigenvalue weighted by molar-refractivity contribution is 0.332. The van der Waals surface area contributed by atoms with E-state index in [9.17, 15) is 4.11 Å². The molecular formula is C68H64BN3. The molecule has 9 aromatic rings. The highest BCUT2D eigenvalue weighted by molar-refractivity contribution is 7.00. The Balaban J connectivity index is 1.24. The molecule has 12 rings (SSSR count). The van der Waals surface area contributed by atoms with E-state index in [1.54, 1.807) is 0 Å². The van der Waals surface area contributed by atoms with Crippen LogP contribution < -0.4 is 31.1 Å². The molecule has 0 saturated heterocycles. The van der Waals surface area contributed by atoms with Crippen molar-refractivity contribution in [2.24, 2.45) is 0 Å². The second-order valence-electron chi connectivity index (χ2n) is 22.7. The van der Waals surface area contributed by atoms with E-state index in [2.05, 4.69) is 258 Å². The molecule has 4 heteroatoms. The van der Waals surface area contributed by atoms with Crippen molar-refractivity contribution in [1.29, 1.82) is 0 Å². The minimum Gasteiger partial charge on any atom is -0.311 e. The van der Waals surface area contributed by atoms with Crippen molar-refractivity contribution in [2.75, 3.05) is 14.7 Å². The van der Waals surface area contributed by atoms with Crippen molar-refractivity contribution >= 4 is 74.3 Å². The Hall–Kier alpha value is -7.56. The summed E-state index contributed by atoms with van der Waals surface area (Å²) in [6.45, 7) is 15.9. The third kappa shape index (κ3) is 7.57. The minimum absolute atomic E-state index is 0.0791. The zero-order valence-corrected chi connectivity index (χ0v) is 42.9. The van der Waals surface area contributed by atoms with Gasteiger partial charge < -0.3 is 14.7 Å². The average Bonchev–Trinajstić information content (AvgIpc) is 3.43. The molecule has 0 atom stereocenters. The fraction of sp³-hybridized carbons (Fsp3) is 0.206. The van der Waals surface area contributed by atoms with Crippen molar-refractivity contribution in [3.05, 3.63) is 228 Å². The van der Waals surface area contributed by atoms with Crippen LogP contribution in [0.1, 0.15) is 93.2 Å². The third-order valence-electron chi connectivity index (χ3n) is 16.1. The summed E-state index contributed by atoms with van der Waals surface area (Å²) in [6.07, 6.45) is 2.14. The van der Waals surface area contributed by atoms with Crippen LogP contribution in [0.4, 0.5) is 51.2 Å². The summed E-state index contributed by atoms with van der Waals surface area (Å²) in [5, 5.41) is 0. The Labute approximate surface area is 432 Å². The maximum absolute atomic E-state index is 9.27. The lowest BCUT2D eigenvalue weighted by Crippen LogP contribution is -2.62. The standard InChI is InChI=1S/C68H64BN3/c1-45-38-63-65-64(39-45)72(61-40-49(31-30-46(61)2)47-22-14-10-15-23-47)62-44-56-55(67(6,7)36-37-68(56,8)9)43-58(62)69(65)57-42-53(70(51-26-18-12-19-27-51)52-28-20-13-21-29-52)33-35-60(57)71(63)59-34-32-50(66(3,4)5)41-54(59)48-24-16-11-17-25-48/h10-35,38-44H,36-37H2,1-9H3/i1D3. The van der Waals surface area contributed by atoms with E-state index in [0.717, 1.165) is 103 Å². The van der Waals surface area contributed by atoms with Gasteiger partial charge in [-0.3, -0.25) is 0 Å². The Morgan fingerprint density at radius 1 is 0.472 bits per heavy atom. The van der Waals surface area contributed by atoms with Gasteiger partial charge in [-0.05, 0) is 183 Å². The Morgan fingerprint density at radius 3 is 1.61 bits per heavy atom. The summed E-state index contributed by atoms with van der Waals surface area (Å²) >= 11 is 0. The summed E-state index contributed by atoms with van der Waals surface area (Å²) in [7, 11) is 0. The summed E-state index contributed by atoms with van der Waals surface area (Å²) in [5.74, 6) is 0. The van der Waals surface area contributed by atoms with E-state index < -0.39 is 6.85 Å². The quantitative estimate of drug-likeness (QED) is 0.147. The van der Waals surface area contributed by atoms with Crippen LogP contribution in [0, 0.1) is 13.8 Å². The van der Waals surface area contributed by atoms with Gasteiger partial charge in [0.15, 0.2) is 0 Å². The first kappa shape index (κ1) is 42.2. The number of benzene rings is 9. The average molecular weight is 937 g/mol. The molecule has 3 aliphatic rings. The molecule has 0 unspecified atom stereocenters. The molecule has 0 radical (unpaired) electrons. The van der Waals surface area contributed by atoms with Crippen molar-refractivity contribution in [3.8, 4) is 22.3 Å². The van der Waals surface area contributed by atoms with Crippen LogP contribution in [-0.2, 0) is 16.2 Å². The summed E-state index contributed by atoms with van der Waals surface area (Å²) in [5.41, 5.74) is 22.0. The fourth-order valence-electron chi connectivity index (χ4n) is 12.0. The van der Waals surface area contributed by atoms with Crippen molar-refractivity contribution in [2.45, 2.75) is 91.3 Å². The predicted octanol–water partition coefficient (Wildman–Crippen LogP) is 16.8. The number of fused-ring (bicyclic) bond motifs is 5. The highest BCUT2D eigenvalue weighted by Gasteiger charge is 2.47. The number of aryl methyl sites for hydroxylation is 2. The molecule has 0 bridgehead atoms. The molecule has 72 heavy (non-hydrogen) atoms. The molecule has 0 spiro atoms. The molecule has 1 aliphatic carbocycles. The van der Waals surface area contributed by atoms with Gasteiger partial charge in [-0.2, -0.15) is 0 Å². The fourth-order valence-corrected chi connectivity index (χ4v) is 12.0. The van der Waals surface area contributed by atoms with E-state index in [0.29, 0.717) is 5.56 Å². The van der Waals surface area contributed by atoms with Crippen LogP contribution in [0.15, 0.2) is 200 Å². The molecule has 2 heterocycles. The van der Waals surface area contributed by atoms with E-state index in [1.165, 1.54) is 22.2 Å². The second kappa shape index (κ2) is 17.1. The maximum Gasteiger partial charge on any atom is 0.252 e. The van der Waals surface area contributed by atoms with Crippen LogP contribution >= 0.6 is 0 Å². The number of nitrogens with zero attached hydrogens (tertiary/aromatic N) is 3. The third-order valence-corrected chi connectivity index (χ3v) is 16.1. The smallest absolute Gasteiger partial charge is 0.252 e. The Morgan fingerprint density at radius 2 is 1.01 bits per heavy atom. The molecule has 0 saturated carbocycles. The molecule has 2 aliphatic heterocycles. The monoisotopic (exact) mass is 937 g/mol. The first-order valence-electron chi connectivity index (χ1n) is 27.3. The lowest BCUT2D eigenvalue weighted by Gasteiger charge is -2.48. The van der Waals surface area contributed by atoms with Gasteiger partial charge in [0.1, 0.15) is 0 Å². The first-order chi connectivity index (χ1) is 35.9. The van der Waals surface area contributed by atoms with Gasteiger partial charge in [0.05, 0.1) is 5.69 Å². The summed E-state index contributed by atoms with van der Waals surface area (Å²) in [4.78, 5) is 7.20. The normalized spacial score (nSPS) is 15.8. The molecule has 9 aromatic carbocycles. The van der Waals surface area contributed by atoms with E-state index >= 15 is 0 Å². The maximum atomic E-state index is 9.27. The zero-order chi connectivity index (χ0) is 52.2. The highest BCUT2D eigenvalue weighted by atomic mass is 15.2. The lowest BCUT2D eigenvalue weighted by atomic mass is 9.33. The molecule has 0 aromatic heterocycles. The topological polar surface area (TPSA) is 9.72 Å². The van der Waals surface area contributed by atoms with Crippen molar-refractivity contribution < 1.29 is 4.11 Å². The van der Waals surface area contributed by atoms with Gasteiger partial charge in [-0.15, -0.1) is 0 Å². The van der Waals surface area contributed by atoms with Crippen LogP contribution in [0.3, 0.4) is 0 Å². The summed E-state index contributed by atoms with van der Waals surface area (Å²) < 4.78 is 27.8. The van der Waals surface area contributed by atoms with Crippen LogP contribution in [0.2, 0.25) is 0 Å². The molecule has 354 valence electrons. The highest BCUT2D eigenvalue weighted by Crippen LogP contribution is 2.52. The number of hydrogen-bond acceptors (Lipinski definition) is 3. The van der Waals surface area contributed by atoms with E-state index in [4.69, 9.17) is 0 Å². The van der Waals surface area contributed by atoms with Gasteiger partial charge >= 0.3 is 0 Å². The Bertz CT molecular complexity index is 3620.